The van der Waals surface area contributed by atoms with Gasteiger partial charge in [0.05, 0.1) is 0 Å². The lowest BCUT2D eigenvalue weighted by Gasteiger charge is -2.12. The van der Waals surface area contributed by atoms with Crippen molar-refractivity contribution in [2.45, 2.75) is 46.1 Å². The van der Waals surface area contributed by atoms with Crippen LogP contribution in [-0.4, -0.2) is 4.57 Å². The predicted octanol–water partition coefficient (Wildman–Crippen LogP) is 4.02. The van der Waals surface area contributed by atoms with E-state index >= 15 is 0 Å². The second-order valence-corrected chi connectivity index (χ2v) is 5.14. The summed E-state index contributed by atoms with van der Waals surface area (Å²) in [5.41, 5.74) is 10.9. The predicted molar refractivity (Wildman–Crippen MR) is 82.4 cm³/mol. The smallest absolute Gasteiger partial charge is 0.0316 e. The number of benzene rings is 1. The lowest BCUT2D eigenvalue weighted by molar-refractivity contribution is 0.620. The van der Waals surface area contributed by atoms with Crippen LogP contribution in [0.15, 0.2) is 36.4 Å². The van der Waals surface area contributed by atoms with Gasteiger partial charge in [-0.1, -0.05) is 32.4 Å². The molecule has 1 aromatic carbocycles. The third kappa shape index (κ3) is 3.40. The molecule has 2 aromatic rings. The van der Waals surface area contributed by atoms with Gasteiger partial charge in [-0.15, -0.1) is 0 Å². The number of nitrogen functional groups attached to an aromatic ring is 1. The molecule has 2 heteroatoms. The van der Waals surface area contributed by atoms with Crippen LogP contribution in [0.4, 0.5) is 5.69 Å². The number of nitrogens with two attached hydrogens (primary N) is 1. The Morgan fingerprint density at radius 1 is 1.00 bits per heavy atom. The zero-order valence-corrected chi connectivity index (χ0v) is 12.0. The molecule has 2 rings (SSSR count). The molecule has 0 unspecified atom stereocenters. The van der Waals surface area contributed by atoms with Gasteiger partial charge in [-0.25, -0.2) is 0 Å². The zero-order chi connectivity index (χ0) is 13.7. The van der Waals surface area contributed by atoms with Gasteiger partial charge >= 0.3 is 0 Å². The van der Waals surface area contributed by atoms with E-state index in [1.54, 1.807) is 0 Å². The van der Waals surface area contributed by atoms with Gasteiger partial charge in [-0.3, -0.25) is 0 Å². The molecule has 1 aromatic heterocycles. The van der Waals surface area contributed by atoms with Crippen LogP contribution in [0.5, 0.6) is 0 Å². The fourth-order valence-corrected chi connectivity index (χ4v) is 2.61. The Kier molecular flexibility index (Phi) is 4.67. The molecule has 1 heterocycles. The van der Waals surface area contributed by atoms with Crippen LogP contribution < -0.4 is 5.73 Å². The minimum absolute atomic E-state index is 0.847. The number of anilines is 1. The zero-order valence-electron chi connectivity index (χ0n) is 12.0. The number of hydrogen-bond acceptors (Lipinski definition) is 1. The SMILES string of the molecule is CCCc1ccc(Cc2cccc(N)c2)n1CCC. The summed E-state index contributed by atoms with van der Waals surface area (Å²) in [6.07, 6.45) is 4.51. The monoisotopic (exact) mass is 256 g/mol. The Bertz CT molecular complexity index is 526. The lowest BCUT2D eigenvalue weighted by Crippen LogP contribution is -2.07. The molecular formula is C17H24N2. The molecule has 0 radical (unpaired) electrons. The first-order chi connectivity index (χ1) is 9.24. The van der Waals surface area contributed by atoms with Crippen molar-refractivity contribution in [1.82, 2.24) is 4.57 Å². The molecule has 0 fully saturated rings. The van der Waals surface area contributed by atoms with E-state index in [1.165, 1.54) is 29.8 Å². The van der Waals surface area contributed by atoms with Gasteiger partial charge < -0.3 is 10.3 Å². The van der Waals surface area contributed by atoms with E-state index in [4.69, 9.17) is 5.73 Å². The van der Waals surface area contributed by atoms with Crippen molar-refractivity contribution in [1.29, 1.82) is 0 Å². The minimum Gasteiger partial charge on any atom is -0.399 e. The van der Waals surface area contributed by atoms with E-state index in [9.17, 15) is 0 Å². The third-order valence-electron chi connectivity index (χ3n) is 3.45. The maximum Gasteiger partial charge on any atom is 0.0316 e. The van der Waals surface area contributed by atoms with Crippen molar-refractivity contribution in [3.8, 4) is 0 Å². The summed E-state index contributed by atoms with van der Waals surface area (Å²) in [5.74, 6) is 0. The molecule has 102 valence electrons. The summed E-state index contributed by atoms with van der Waals surface area (Å²) in [6.45, 7) is 5.58. The standard InChI is InChI=1S/C17H24N2/c1-3-6-16-9-10-17(19(16)11-4-2)13-14-7-5-8-15(18)12-14/h5,7-10,12H,3-4,6,11,13,18H2,1-2H3. The van der Waals surface area contributed by atoms with E-state index < -0.39 is 0 Å². The Morgan fingerprint density at radius 3 is 2.47 bits per heavy atom. The maximum atomic E-state index is 5.86. The quantitative estimate of drug-likeness (QED) is 0.777. The maximum absolute atomic E-state index is 5.86. The van der Waals surface area contributed by atoms with E-state index in [-0.39, 0.29) is 0 Å². The first-order valence-electron chi connectivity index (χ1n) is 7.26. The molecule has 2 nitrogen and oxygen atoms in total. The molecule has 19 heavy (non-hydrogen) atoms. The van der Waals surface area contributed by atoms with Gasteiger partial charge in [0.25, 0.3) is 0 Å². The Balaban J connectivity index is 2.24. The molecule has 0 saturated heterocycles. The van der Waals surface area contributed by atoms with E-state index in [2.05, 4.69) is 42.7 Å². The van der Waals surface area contributed by atoms with Gasteiger partial charge in [0, 0.05) is 30.0 Å². The molecule has 0 amide bonds. The molecule has 0 saturated carbocycles. The van der Waals surface area contributed by atoms with Crippen molar-refractivity contribution in [2.24, 2.45) is 0 Å². The second kappa shape index (κ2) is 6.46. The van der Waals surface area contributed by atoms with Crippen LogP contribution in [0.1, 0.15) is 43.6 Å². The highest BCUT2D eigenvalue weighted by atomic mass is 15.0. The fourth-order valence-electron chi connectivity index (χ4n) is 2.61. The summed E-state index contributed by atoms with van der Waals surface area (Å²) < 4.78 is 2.48. The van der Waals surface area contributed by atoms with Gasteiger partial charge in [0.1, 0.15) is 0 Å². The highest BCUT2D eigenvalue weighted by Crippen LogP contribution is 2.17. The molecule has 0 aliphatic carbocycles. The number of hydrogen-bond donors (Lipinski definition) is 1. The summed E-state index contributed by atoms with van der Waals surface area (Å²) in [4.78, 5) is 0. The fraction of sp³-hybridized carbons (Fsp3) is 0.412. The van der Waals surface area contributed by atoms with Crippen LogP contribution in [0.25, 0.3) is 0 Å². The molecule has 2 N–H and O–H groups in total. The summed E-state index contributed by atoms with van der Waals surface area (Å²) in [6, 6.07) is 12.7. The molecule has 0 aliphatic rings. The third-order valence-corrected chi connectivity index (χ3v) is 3.45. The van der Waals surface area contributed by atoms with Crippen LogP contribution in [0, 0.1) is 0 Å². The van der Waals surface area contributed by atoms with Gasteiger partial charge in [0.2, 0.25) is 0 Å². The van der Waals surface area contributed by atoms with Crippen molar-refractivity contribution in [3.63, 3.8) is 0 Å². The molecule has 0 atom stereocenters. The van der Waals surface area contributed by atoms with E-state index in [0.29, 0.717) is 0 Å². The first-order valence-corrected chi connectivity index (χ1v) is 7.26. The lowest BCUT2D eigenvalue weighted by atomic mass is 10.1. The molecular weight excluding hydrogens is 232 g/mol. The van der Waals surface area contributed by atoms with Crippen LogP contribution in [0.2, 0.25) is 0 Å². The van der Waals surface area contributed by atoms with E-state index in [1.807, 2.05) is 12.1 Å². The van der Waals surface area contributed by atoms with Crippen LogP contribution in [0.3, 0.4) is 0 Å². The van der Waals surface area contributed by atoms with Crippen molar-refractivity contribution < 1.29 is 0 Å². The summed E-state index contributed by atoms with van der Waals surface area (Å²) in [7, 11) is 0. The van der Waals surface area contributed by atoms with Gasteiger partial charge in [0.15, 0.2) is 0 Å². The molecule has 0 bridgehead atoms. The van der Waals surface area contributed by atoms with Crippen LogP contribution >= 0.6 is 0 Å². The average molecular weight is 256 g/mol. The number of aromatic nitrogens is 1. The Hall–Kier alpha value is -1.70. The summed E-state index contributed by atoms with van der Waals surface area (Å²) >= 11 is 0. The Labute approximate surface area is 116 Å². The second-order valence-electron chi connectivity index (χ2n) is 5.14. The number of rotatable bonds is 6. The number of aryl methyl sites for hydroxylation is 1. The highest BCUT2D eigenvalue weighted by Gasteiger charge is 2.07. The van der Waals surface area contributed by atoms with Gasteiger partial charge in [-0.05, 0) is 42.7 Å². The molecule has 0 spiro atoms. The van der Waals surface area contributed by atoms with Crippen molar-refractivity contribution >= 4 is 5.69 Å². The minimum atomic E-state index is 0.847. The first kappa shape index (κ1) is 13.7. The highest BCUT2D eigenvalue weighted by molar-refractivity contribution is 5.42. The van der Waals surface area contributed by atoms with Crippen molar-refractivity contribution in [2.75, 3.05) is 5.73 Å². The molecule has 0 aliphatic heterocycles. The van der Waals surface area contributed by atoms with Gasteiger partial charge in [-0.2, -0.15) is 0 Å². The summed E-state index contributed by atoms with van der Waals surface area (Å²) in [5, 5.41) is 0. The average Bonchev–Trinajstić information content (AvgIpc) is 2.74. The topological polar surface area (TPSA) is 30.9 Å². The normalized spacial score (nSPS) is 10.8. The van der Waals surface area contributed by atoms with Crippen molar-refractivity contribution in [3.05, 3.63) is 53.3 Å². The largest absolute Gasteiger partial charge is 0.399 e. The van der Waals surface area contributed by atoms with E-state index in [0.717, 1.165) is 25.1 Å². The van der Waals surface area contributed by atoms with Crippen LogP contribution in [-0.2, 0) is 19.4 Å². The Morgan fingerprint density at radius 2 is 1.79 bits per heavy atom. The number of nitrogens with zero attached hydrogens (tertiary/aromatic N) is 1.